The molecule has 1 aliphatic heterocycles. The Bertz CT molecular complexity index is 615. The number of hydrogen-bond donors (Lipinski definition) is 0. The van der Waals surface area contributed by atoms with E-state index in [1.54, 1.807) is 7.11 Å². The molecule has 0 spiro atoms. The molecule has 0 bridgehead atoms. The number of benzene rings is 1. The summed E-state index contributed by atoms with van der Waals surface area (Å²) in [5.74, 6) is 0.782. The third kappa shape index (κ3) is 6.93. The van der Waals surface area contributed by atoms with Crippen molar-refractivity contribution in [3.05, 3.63) is 42.0 Å². The minimum atomic E-state index is -0.291. The zero-order valence-corrected chi connectivity index (χ0v) is 17.1. The summed E-state index contributed by atoms with van der Waals surface area (Å²) in [6.45, 7) is 3.86. The van der Waals surface area contributed by atoms with Crippen LogP contribution in [0.1, 0.15) is 44.3 Å². The number of esters is 1. The van der Waals surface area contributed by atoms with Gasteiger partial charge < -0.3 is 23.7 Å². The second kappa shape index (κ2) is 12.5. The van der Waals surface area contributed by atoms with E-state index in [4.69, 9.17) is 18.9 Å². The maximum absolute atomic E-state index is 11.2. The minimum absolute atomic E-state index is 0.123. The van der Waals surface area contributed by atoms with Crippen LogP contribution in [0.2, 0.25) is 0 Å². The van der Waals surface area contributed by atoms with Crippen LogP contribution in [-0.4, -0.2) is 46.3 Å². The van der Waals surface area contributed by atoms with Gasteiger partial charge in [-0.3, -0.25) is 4.79 Å². The average molecular weight is 392 g/mol. The topological polar surface area (TPSA) is 63.2 Å². The number of hydrogen-bond acceptors (Lipinski definition) is 6. The molecule has 1 heterocycles. The van der Waals surface area contributed by atoms with E-state index in [1.165, 1.54) is 7.11 Å². The fourth-order valence-electron chi connectivity index (χ4n) is 3.22. The number of para-hydroxylation sites is 1. The van der Waals surface area contributed by atoms with Crippen LogP contribution in [0.25, 0.3) is 0 Å². The maximum Gasteiger partial charge on any atom is 0.305 e. The van der Waals surface area contributed by atoms with Crippen molar-refractivity contribution in [1.82, 2.24) is 0 Å². The number of rotatable bonds is 11. The van der Waals surface area contributed by atoms with E-state index in [1.807, 2.05) is 37.3 Å². The monoisotopic (exact) mass is 392 g/mol. The summed E-state index contributed by atoms with van der Waals surface area (Å²) >= 11 is 0. The normalized spacial score (nSPS) is 22.3. The lowest BCUT2D eigenvalue weighted by molar-refractivity contribution is -0.244. The van der Waals surface area contributed by atoms with E-state index in [2.05, 4.69) is 10.8 Å². The van der Waals surface area contributed by atoms with Gasteiger partial charge in [-0.15, -0.1) is 0 Å². The van der Waals surface area contributed by atoms with Gasteiger partial charge in [-0.25, -0.2) is 0 Å². The van der Waals surface area contributed by atoms with Gasteiger partial charge in [0.2, 0.25) is 0 Å². The summed E-state index contributed by atoms with van der Waals surface area (Å²) in [5.41, 5.74) is 1.03. The Labute approximate surface area is 167 Å². The first kappa shape index (κ1) is 22.4. The third-order valence-corrected chi connectivity index (χ3v) is 4.72. The van der Waals surface area contributed by atoms with Crippen molar-refractivity contribution in [3.8, 4) is 5.75 Å². The fraction of sp³-hybridized carbons (Fsp3) is 0.591. The molecule has 0 saturated carbocycles. The van der Waals surface area contributed by atoms with E-state index >= 15 is 0 Å². The molecule has 1 saturated heterocycles. The van der Waals surface area contributed by atoms with Gasteiger partial charge in [0, 0.05) is 30.9 Å². The molecule has 0 aliphatic carbocycles. The van der Waals surface area contributed by atoms with Crippen LogP contribution in [-0.2, 0) is 23.7 Å². The van der Waals surface area contributed by atoms with Crippen molar-refractivity contribution in [2.45, 2.75) is 45.0 Å². The van der Waals surface area contributed by atoms with E-state index < -0.39 is 0 Å². The quantitative estimate of drug-likeness (QED) is 0.322. The molecule has 2 rings (SSSR count). The number of ether oxygens (including phenoxy) is 5. The zero-order chi connectivity index (χ0) is 20.2. The molecule has 6 nitrogen and oxygen atoms in total. The predicted molar refractivity (Wildman–Crippen MR) is 106 cm³/mol. The number of carbonyl (C=O) groups is 1. The molecule has 28 heavy (non-hydrogen) atoms. The lowest BCUT2D eigenvalue weighted by Crippen LogP contribution is -2.35. The van der Waals surface area contributed by atoms with Gasteiger partial charge >= 0.3 is 5.97 Å². The molecule has 1 aromatic rings. The van der Waals surface area contributed by atoms with E-state index in [0.29, 0.717) is 39.1 Å². The molecule has 156 valence electrons. The standard InChI is InChI=1S/C22H32O6/c1-4-26-15-14-21-27-16-17(10-6-5-7-13-20(23)25-3)22(28-21)18-11-8-9-12-19(18)24-2/h5-6,8-9,11-12,17,21-22H,4,7,10,13-16H2,1-3H3/b6-5-. The Balaban J connectivity index is 2.03. The van der Waals surface area contributed by atoms with Gasteiger partial charge in [0.15, 0.2) is 6.29 Å². The van der Waals surface area contributed by atoms with Crippen LogP contribution >= 0.6 is 0 Å². The van der Waals surface area contributed by atoms with Crippen molar-refractivity contribution in [2.75, 3.05) is 34.0 Å². The van der Waals surface area contributed by atoms with Crippen molar-refractivity contribution in [1.29, 1.82) is 0 Å². The summed E-state index contributed by atoms with van der Waals surface area (Å²) in [5, 5.41) is 0. The Morgan fingerprint density at radius 2 is 2.07 bits per heavy atom. The maximum atomic E-state index is 11.2. The summed E-state index contributed by atoms with van der Waals surface area (Å²) < 4.78 is 27.9. The largest absolute Gasteiger partial charge is 0.496 e. The number of allylic oxidation sites excluding steroid dienone is 2. The van der Waals surface area contributed by atoms with E-state index in [9.17, 15) is 4.79 Å². The second-order valence-electron chi connectivity index (χ2n) is 6.63. The first-order valence-corrected chi connectivity index (χ1v) is 9.89. The SMILES string of the molecule is CCOCCC1OCC(C/C=C\CCC(=O)OC)C(c2ccccc2OC)O1. The Hall–Kier alpha value is -1.89. The summed E-state index contributed by atoms with van der Waals surface area (Å²) in [7, 11) is 3.08. The number of carbonyl (C=O) groups excluding carboxylic acids is 1. The minimum Gasteiger partial charge on any atom is -0.496 e. The molecule has 0 aromatic heterocycles. The van der Waals surface area contributed by atoms with Gasteiger partial charge in [0.1, 0.15) is 5.75 Å². The van der Waals surface area contributed by atoms with Crippen LogP contribution in [0.15, 0.2) is 36.4 Å². The molecule has 1 aromatic carbocycles. The van der Waals surface area contributed by atoms with Crippen molar-refractivity contribution < 1.29 is 28.5 Å². The highest BCUT2D eigenvalue weighted by atomic mass is 16.7. The summed E-state index contributed by atoms with van der Waals surface area (Å²) in [6.07, 6.45) is 6.23. The third-order valence-electron chi connectivity index (χ3n) is 4.72. The van der Waals surface area contributed by atoms with Gasteiger partial charge in [-0.2, -0.15) is 0 Å². The molecule has 0 N–H and O–H groups in total. The molecule has 0 radical (unpaired) electrons. The van der Waals surface area contributed by atoms with Crippen LogP contribution in [0.3, 0.4) is 0 Å². The lowest BCUT2D eigenvalue weighted by atomic mass is 9.91. The molecule has 1 aliphatic rings. The molecule has 3 unspecified atom stereocenters. The molecule has 6 heteroatoms. The Morgan fingerprint density at radius 3 is 2.82 bits per heavy atom. The Morgan fingerprint density at radius 1 is 1.25 bits per heavy atom. The van der Waals surface area contributed by atoms with E-state index in [-0.39, 0.29) is 24.3 Å². The molecule has 3 atom stereocenters. The van der Waals surface area contributed by atoms with Crippen molar-refractivity contribution in [2.24, 2.45) is 5.92 Å². The predicted octanol–water partition coefficient (Wildman–Crippen LogP) is 4.05. The van der Waals surface area contributed by atoms with Crippen LogP contribution in [0, 0.1) is 5.92 Å². The highest BCUT2D eigenvalue weighted by Crippen LogP contribution is 2.39. The van der Waals surface area contributed by atoms with Crippen molar-refractivity contribution >= 4 is 5.97 Å². The second-order valence-corrected chi connectivity index (χ2v) is 6.63. The fourth-order valence-corrected chi connectivity index (χ4v) is 3.22. The zero-order valence-electron chi connectivity index (χ0n) is 17.1. The molecule has 0 amide bonds. The first-order chi connectivity index (χ1) is 13.7. The van der Waals surface area contributed by atoms with E-state index in [0.717, 1.165) is 17.7 Å². The number of methoxy groups -OCH3 is 2. The van der Waals surface area contributed by atoms with Crippen LogP contribution in [0.5, 0.6) is 5.75 Å². The van der Waals surface area contributed by atoms with Crippen LogP contribution < -0.4 is 4.74 Å². The van der Waals surface area contributed by atoms with Crippen LogP contribution in [0.4, 0.5) is 0 Å². The van der Waals surface area contributed by atoms with Gasteiger partial charge in [0.25, 0.3) is 0 Å². The average Bonchev–Trinajstić information content (AvgIpc) is 2.74. The molecular weight excluding hydrogens is 360 g/mol. The smallest absolute Gasteiger partial charge is 0.305 e. The summed E-state index contributed by atoms with van der Waals surface area (Å²) in [6, 6.07) is 7.94. The molecular formula is C22H32O6. The van der Waals surface area contributed by atoms with Gasteiger partial charge in [-0.1, -0.05) is 30.4 Å². The van der Waals surface area contributed by atoms with Gasteiger partial charge in [0.05, 0.1) is 33.5 Å². The Kier molecular flexibility index (Phi) is 10.0. The van der Waals surface area contributed by atoms with Gasteiger partial charge in [-0.05, 0) is 25.8 Å². The lowest BCUT2D eigenvalue weighted by Gasteiger charge is -2.37. The first-order valence-electron chi connectivity index (χ1n) is 9.89. The highest BCUT2D eigenvalue weighted by Gasteiger charge is 2.33. The molecule has 1 fully saturated rings. The summed E-state index contributed by atoms with van der Waals surface area (Å²) in [4.78, 5) is 11.2. The van der Waals surface area contributed by atoms with Crippen molar-refractivity contribution in [3.63, 3.8) is 0 Å². The highest BCUT2D eigenvalue weighted by molar-refractivity contribution is 5.69.